The summed E-state index contributed by atoms with van der Waals surface area (Å²) >= 11 is 5.65. The van der Waals surface area contributed by atoms with Crippen molar-refractivity contribution in [2.45, 2.75) is 13.6 Å². The summed E-state index contributed by atoms with van der Waals surface area (Å²) in [4.78, 5) is 30.6. The standard InChI is InChI=1S/C27H22ClF3N4O3.CH4/c1-35(2)15-25(36)34-24-14-21(9-10-32-24)38-20-7-5-16-3-4-17(11-18(16)12-20)26(37)33-19-6-8-23(28)22(13-19)27(29,30)31;/h3-14H,15H2,1-2H3,(H,33,37)(H,32,34,36);1H4. The highest BCUT2D eigenvalue weighted by atomic mass is 35.5. The van der Waals surface area contributed by atoms with Crippen LogP contribution in [-0.4, -0.2) is 42.3 Å². The molecule has 1 heterocycles. The van der Waals surface area contributed by atoms with E-state index in [0.717, 1.165) is 17.5 Å². The van der Waals surface area contributed by atoms with E-state index in [1.807, 2.05) is 6.07 Å². The van der Waals surface area contributed by atoms with E-state index < -0.39 is 22.7 Å². The number of aromatic nitrogens is 1. The van der Waals surface area contributed by atoms with E-state index in [9.17, 15) is 22.8 Å². The van der Waals surface area contributed by atoms with Crippen molar-refractivity contribution in [1.29, 1.82) is 0 Å². The molecule has 0 aliphatic heterocycles. The first-order valence-electron chi connectivity index (χ1n) is 11.3. The molecule has 0 aliphatic rings. The minimum Gasteiger partial charge on any atom is -0.457 e. The maximum absolute atomic E-state index is 13.1. The number of pyridine rings is 1. The SMILES string of the molecule is C.CN(C)CC(=O)Nc1cc(Oc2ccc3ccc(C(=O)Nc4ccc(Cl)c(C(F)(F)F)c4)cc3c2)ccn1. The Balaban J connectivity index is 0.00000420. The van der Waals surface area contributed by atoms with Gasteiger partial charge in [-0.05, 0) is 73.4 Å². The summed E-state index contributed by atoms with van der Waals surface area (Å²) in [5.41, 5.74) is -0.822. The van der Waals surface area contributed by atoms with Crippen LogP contribution >= 0.6 is 11.6 Å². The first kappa shape index (κ1) is 29.4. The zero-order chi connectivity index (χ0) is 27.4. The van der Waals surface area contributed by atoms with Gasteiger partial charge in [-0.25, -0.2) is 4.98 Å². The molecular formula is C28H26ClF3N4O3. The molecule has 0 saturated carbocycles. The third-order valence-corrected chi connectivity index (χ3v) is 5.63. The molecule has 0 atom stereocenters. The lowest BCUT2D eigenvalue weighted by Crippen LogP contribution is -2.27. The predicted octanol–water partition coefficient (Wildman–Crippen LogP) is 7.09. The Hall–Kier alpha value is -4.15. The van der Waals surface area contributed by atoms with Gasteiger partial charge in [-0.15, -0.1) is 0 Å². The number of anilines is 2. The van der Waals surface area contributed by atoms with Crippen LogP contribution in [0.15, 0.2) is 72.9 Å². The van der Waals surface area contributed by atoms with E-state index in [1.54, 1.807) is 61.5 Å². The molecule has 4 aromatic rings. The maximum atomic E-state index is 13.1. The van der Waals surface area contributed by atoms with Crippen molar-refractivity contribution in [2.75, 3.05) is 31.3 Å². The van der Waals surface area contributed by atoms with Gasteiger partial charge in [0.1, 0.15) is 17.3 Å². The third-order valence-electron chi connectivity index (χ3n) is 5.30. The average molecular weight is 559 g/mol. The molecule has 3 aromatic carbocycles. The number of rotatable bonds is 7. The molecular weight excluding hydrogens is 533 g/mol. The number of hydrogen-bond donors (Lipinski definition) is 2. The smallest absolute Gasteiger partial charge is 0.417 e. The lowest BCUT2D eigenvalue weighted by Gasteiger charge is -2.12. The van der Waals surface area contributed by atoms with Gasteiger partial charge < -0.3 is 20.3 Å². The van der Waals surface area contributed by atoms with Gasteiger partial charge in [-0.2, -0.15) is 13.2 Å². The summed E-state index contributed by atoms with van der Waals surface area (Å²) in [6.45, 7) is 0.203. The van der Waals surface area contributed by atoms with E-state index in [2.05, 4.69) is 15.6 Å². The number of amides is 2. The van der Waals surface area contributed by atoms with Crippen LogP contribution < -0.4 is 15.4 Å². The van der Waals surface area contributed by atoms with Crippen molar-refractivity contribution < 1.29 is 27.5 Å². The number of halogens is 4. The van der Waals surface area contributed by atoms with Crippen LogP contribution in [0.2, 0.25) is 5.02 Å². The summed E-state index contributed by atoms with van der Waals surface area (Å²) in [6.07, 6.45) is -3.14. The first-order chi connectivity index (χ1) is 18.0. The molecule has 0 aliphatic carbocycles. The number of nitrogens with zero attached hydrogens (tertiary/aromatic N) is 2. The Kier molecular flexibility index (Phi) is 9.15. The highest BCUT2D eigenvalue weighted by Crippen LogP contribution is 2.36. The molecule has 7 nitrogen and oxygen atoms in total. The van der Waals surface area contributed by atoms with Gasteiger partial charge in [0.15, 0.2) is 0 Å². The molecule has 0 radical (unpaired) electrons. The monoisotopic (exact) mass is 558 g/mol. The highest BCUT2D eigenvalue weighted by molar-refractivity contribution is 6.31. The van der Waals surface area contributed by atoms with Crippen molar-refractivity contribution >= 4 is 45.7 Å². The van der Waals surface area contributed by atoms with Crippen LogP contribution in [0.4, 0.5) is 24.7 Å². The number of carbonyl (C=O) groups is 2. The van der Waals surface area contributed by atoms with Crippen LogP contribution in [-0.2, 0) is 11.0 Å². The topological polar surface area (TPSA) is 83.6 Å². The van der Waals surface area contributed by atoms with E-state index >= 15 is 0 Å². The number of benzene rings is 3. The summed E-state index contributed by atoms with van der Waals surface area (Å²) in [5, 5.41) is 6.22. The predicted molar refractivity (Wildman–Crippen MR) is 147 cm³/mol. The number of ether oxygens (including phenoxy) is 1. The molecule has 4 rings (SSSR count). The highest BCUT2D eigenvalue weighted by Gasteiger charge is 2.33. The van der Waals surface area contributed by atoms with Crippen LogP contribution in [0, 0.1) is 0 Å². The van der Waals surface area contributed by atoms with Gasteiger partial charge in [0.2, 0.25) is 5.91 Å². The number of hydrogen-bond acceptors (Lipinski definition) is 5. The quantitative estimate of drug-likeness (QED) is 0.253. The zero-order valence-corrected chi connectivity index (χ0v) is 21.0. The van der Waals surface area contributed by atoms with Gasteiger partial charge in [0, 0.05) is 23.5 Å². The summed E-state index contributed by atoms with van der Waals surface area (Å²) in [5.74, 6) is 0.450. The summed E-state index contributed by atoms with van der Waals surface area (Å²) in [7, 11) is 3.56. The molecule has 0 bridgehead atoms. The molecule has 39 heavy (non-hydrogen) atoms. The normalized spacial score (nSPS) is 11.2. The Morgan fingerprint density at radius 1 is 0.923 bits per heavy atom. The number of likely N-dealkylation sites (N-methyl/N-ethyl adjacent to an activating group) is 1. The second-order valence-electron chi connectivity index (χ2n) is 8.64. The zero-order valence-electron chi connectivity index (χ0n) is 20.3. The van der Waals surface area contributed by atoms with Crippen LogP contribution in [0.1, 0.15) is 23.3 Å². The number of nitrogens with one attached hydrogen (secondary N) is 2. The van der Waals surface area contributed by atoms with Gasteiger partial charge in [0.05, 0.1) is 17.1 Å². The largest absolute Gasteiger partial charge is 0.457 e. The fourth-order valence-electron chi connectivity index (χ4n) is 3.60. The molecule has 2 N–H and O–H groups in total. The Labute approximate surface area is 228 Å². The molecule has 0 spiro atoms. The fourth-order valence-corrected chi connectivity index (χ4v) is 3.83. The molecule has 2 amide bonds. The van der Waals surface area contributed by atoms with Gasteiger partial charge >= 0.3 is 6.18 Å². The lowest BCUT2D eigenvalue weighted by molar-refractivity contribution is -0.137. The molecule has 0 fully saturated rings. The Morgan fingerprint density at radius 3 is 2.36 bits per heavy atom. The first-order valence-corrected chi connectivity index (χ1v) is 11.7. The second kappa shape index (κ2) is 12.1. The second-order valence-corrected chi connectivity index (χ2v) is 9.04. The summed E-state index contributed by atoms with van der Waals surface area (Å²) in [6, 6.07) is 16.6. The third kappa shape index (κ3) is 7.68. The van der Waals surface area contributed by atoms with Gasteiger partial charge in [-0.1, -0.05) is 31.2 Å². The maximum Gasteiger partial charge on any atom is 0.417 e. The minimum absolute atomic E-state index is 0. The van der Waals surface area contributed by atoms with E-state index in [-0.39, 0.29) is 31.1 Å². The number of fused-ring (bicyclic) bond motifs is 1. The van der Waals surface area contributed by atoms with Gasteiger partial charge in [0.25, 0.3) is 5.91 Å². The Morgan fingerprint density at radius 2 is 1.64 bits per heavy atom. The number of alkyl halides is 3. The molecule has 0 unspecified atom stereocenters. The van der Waals surface area contributed by atoms with Crippen LogP contribution in [0.3, 0.4) is 0 Å². The van der Waals surface area contributed by atoms with E-state index in [4.69, 9.17) is 16.3 Å². The minimum atomic E-state index is -4.65. The Bertz CT molecular complexity index is 1510. The van der Waals surface area contributed by atoms with Crippen molar-refractivity contribution in [2.24, 2.45) is 0 Å². The lowest BCUT2D eigenvalue weighted by atomic mass is 10.1. The van der Waals surface area contributed by atoms with Gasteiger partial charge in [-0.3, -0.25) is 9.59 Å². The molecule has 11 heteroatoms. The van der Waals surface area contributed by atoms with E-state index in [1.165, 1.54) is 12.3 Å². The van der Waals surface area contributed by atoms with Crippen LogP contribution in [0.5, 0.6) is 11.5 Å². The molecule has 204 valence electrons. The van der Waals surface area contributed by atoms with E-state index in [0.29, 0.717) is 22.7 Å². The van der Waals surface area contributed by atoms with Crippen molar-refractivity contribution in [3.63, 3.8) is 0 Å². The molecule has 0 saturated heterocycles. The van der Waals surface area contributed by atoms with Crippen molar-refractivity contribution in [3.05, 3.63) is 89.1 Å². The fraction of sp³-hybridized carbons (Fsp3) is 0.179. The van der Waals surface area contributed by atoms with Crippen LogP contribution in [0.25, 0.3) is 10.8 Å². The average Bonchev–Trinajstić information content (AvgIpc) is 2.83. The van der Waals surface area contributed by atoms with Crippen molar-refractivity contribution in [1.82, 2.24) is 9.88 Å². The van der Waals surface area contributed by atoms with Crippen molar-refractivity contribution in [3.8, 4) is 11.5 Å². The molecule has 1 aromatic heterocycles. The summed E-state index contributed by atoms with van der Waals surface area (Å²) < 4.78 is 45.4. The number of carbonyl (C=O) groups excluding carboxylic acids is 2.